The van der Waals surface area contributed by atoms with Gasteiger partial charge in [-0.15, -0.1) is 0 Å². The third-order valence-electron chi connectivity index (χ3n) is 5.85. The molecular weight excluding hydrogens is 454 g/mol. The van der Waals surface area contributed by atoms with Crippen molar-refractivity contribution in [3.8, 4) is 5.75 Å². The third-order valence-corrected chi connectivity index (χ3v) is 6.09. The van der Waals surface area contributed by atoms with Crippen LogP contribution < -0.4 is 4.74 Å². The predicted octanol–water partition coefficient (Wildman–Crippen LogP) is 5.87. The molecule has 6 nitrogen and oxygen atoms in total. The van der Waals surface area contributed by atoms with Crippen LogP contribution in [-0.2, 0) is 11.3 Å². The second-order valence-electron chi connectivity index (χ2n) is 7.98. The number of hydrogen-bond donors (Lipinski definition) is 1. The van der Waals surface area contributed by atoms with Gasteiger partial charge >= 0.3 is 0 Å². The number of ketones is 1. The summed E-state index contributed by atoms with van der Waals surface area (Å²) in [5, 5.41) is 12.0. The minimum atomic E-state index is -0.788. The van der Waals surface area contributed by atoms with Gasteiger partial charge in [-0.05, 0) is 47.5 Å². The highest BCUT2D eigenvalue weighted by atomic mass is 35.5. The fourth-order valence-electron chi connectivity index (χ4n) is 4.26. The number of hydrogen-bond acceptors (Lipinski definition) is 5. The van der Waals surface area contributed by atoms with Gasteiger partial charge in [-0.25, -0.2) is 0 Å². The van der Waals surface area contributed by atoms with Crippen LogP contribution in [0.3, 0.4) is 0 Å². The molecular formula is C27H20ClNO5. The van der Waals surface area contributed by atoms with Crippen molar-refractivity contribution in [2.24, 2.45) is 0 Å². The highest BCUT2D eigenvalue weighted by Crippen LogP contribution is 2.40. The Morgan fingerprint density at radius 3 is 2.62 bits per heavy atom. The molecule has 5 rings (SSSR count). The molecule has 170 valence electrons. The molecule has 3 aromatic carbocycles. The number of carbonyl (C=O) groups excluding carboxylic acids is 2. The van der Waals surface area contributed by atoms with Gasteiger partial charge in [0.05, 0.1) is 18.7 Å². The van der Waals surface area contributed by atoms with E-state index in [0.717, 1.165) is 5.56 Å². The summed E-state index contributed by atoms with van der Waals surface area (Å²) in [6.07, 6.45) is 0. The normalized spacial score (nSPS) is 15.9. The fraction of sp³-hybridized carbons (Fsp3) is 0.111. The summed E-state index contributed by atoms with van der Waals surface area (Å²) in [6.45, 7) is 0.173. The summed E-state index contributed by atoms with van der Waals surface area (Å²) >= 11 is 6.06. The van der Waals surface area contributed by atoms with Crippen LogP contribution in [0.2, 0.25) is 5.02 Å². The SMILES string of the molecule is COc1cccc(CN2C(=O)C(O)=C(C(=O)c3cc4cc(Cl)ccc4o3)C2c2ccccc2)c1. The maximum atomic E-state index is 13.6. The molecule has 7 heteroatoms. The topological polar surface area (TPSA) is 80.0 Å². The predicted molar refractivity (Wildman–Crippen MR) is 128 cm³/mol. The minimum Gasteiger partial charge on any atom is -0.503 e. The zero-order valence-corrected chi connectivity index (χ0v) is 19.0. The molecule has 1 unspecified atom stereocenters. The highest BCUT2D eigenvalue weighted by molar-refractivity contribution is 6.31. The van der Waals surface area contributed by atoms with Crippen LogP contribution in [0.15, 0.2) is 94.6 Å². The molecule has 4 aromatic rings. The summed E-state index contributed by atoms with van der Waals surface area (Å²) in [4.78, 5) is 28.3. The number of ether oxygens (including phenoxy) is 1. The first-order chi connectivity index (χ1) is 16.5. The number of rotatable bonds is 6. The molecule has 0 radical (unpaired) electrons. The first kappa shape index (κ1) is 21.8. The lowest BCUT2D eigenvalue weighted by atomic mass is 9.95. The van der Waals surface area contributed by atoms with Crippen LogP contribution in [0.25, 0.3) is 11.0 Å². The molecule has 1 amide bonds. The van der Waals surface area contributed by atoms with Crippen molar-refractivity contribution in [3.63, 3.8) is 0 Å². The maximum absolute atomic E-state index is 13.6. The Hall–Kier alpha value is -4.03. The van der Waals surface area contributed by atoms with E-state index in [-0.39, 0.29) is 17.9 Å². The smallest absolute Gasteiger partial charge is 0.290 e. The third kappa shape index (κ3) is 3.82. The van der Waals surface area contributed by atoms with Crippen molar-refractivity contribution >= 4 is 34.3 Å². The van der Waals surface area contributed by atoms with Gasteiger partial charge in [0.15, 0.2) is 11.5 Å². The van der Waals surface area contributed by atoms with Gasteiger partial charge in [-0.3, -0.25) is 9.59 Å². The van der Waals surface area contributed by atoms with Crippen LogP contribution in [0, 0.1) is 0 Å². The molecule has 0 aliphatic carbocycles. The summed E-state index contributed by atoms with van der Waals surface area (Å²) in [5.74, 6) is -1.09. The molecule has 0 saturated heterocycles. The molecule has 0 spiro atoms. The van der Waals surface area contributed by atoms with Gasteiger partial charge in [-0.1, -0.05) is 54.1 Å². The number of halogens is 1. The van der Waals surface area contributed by atoms with E-state index in [2.05, 4.69) is 0 Å². The Kier molecular flexibility index (Phi) is 5.59. The van der Waals surface area contributed by atoms with Crippen molar-refractivity contribution in [1.29, 1.82) is 0 Å². The number of Topliss-reactive ketones (excluding diaryl/α,β-unsaturated/α-hetero) is 1. The van der Waals surface area contributed by atoms with Crippen LogP contribution in [0.4, 0.5) is 0 Å². The van der Waals surface area contributed by atoms with E-state index in [1.165, 1.54) is 4.90 Å². The lowest BCUT2D eigenvalue weighted by molar-refractivity contribution is -0.130. The lowest BCUT2D eigenvalue weighted by Crippen LogP contribution is -2.30. The van der Waals surface area contributed by atoms with E-state index in [1.807, 2.05) is 54.6 Å². The summed E-state index contributed by atoms with van der Waals surface area (Å²) in [7, 11) is 1.57. The highest BCUT2D eigenvalue weighted by Gasteiger charge is 2.44. The van der Waals surface area contributed by atoms with E-state index >= 15 is 0 Å². The molecule has 0 saturated carbocycles. The first-order valence-corrected chi connectivity index (χ1v) is 11.0. The molecule has 1 aliphatic heterocycles. The molecule has 0 bridgehead atoms. The van der Waals surface area contributed by atoms with Crippen molar-refractivity contribution in [1.82, 2.24) is 4.90 Å². The molecule has 1 N–H and O–H groups in total. The second kappa shape index (κ2) is 8.72. The van der Waals surface area contributed by atoms with Gasteiger partial charge in [-0.2, -0.15) is 0 Å². The van der Waals surface area contributed by atoms with Gasteiger partial charge < -0.3 is 19.2 Å². The van der Waals surface area contributed by atoms with Gasteiger partial charge in [0, 0.05) is 17.0 Å². The van der Waals surface area contributed by atoms with E-state index in [4.69, 9.17) is 20.8 Å². The minimum absolute atomic E-state index is 0.0238. The zero-order valence-electron chi connectivity index (χ0n) is 18.2. The molecule has 1 aliphatic rings. The first-order valence-electron chi connectivity index (χ1n) is 10.6. The molecule has 1 atom stereocenters. The van der Waals surface area contributed by atoms with Crippen LogP contribution in [-0.4, -0.2) is 28.8 Å². The average Bonchev–Trinajstić information content (AvgIpc) is 3.38. The Balaban J connectivity index is 1.58. The van der Waals surface area contributed by atoms with Gasteiger partial charge in [0.1, 0.15) is 11.3 Å². The molecule has 0 fully saturated rings. The number of benzene rings is 3. The summed E-state index contributed by atoms with van der Waals surface area (Å²) < 4.78 is 11.0. The van der Waals surface area contributed by atoms with Crippen molar-refractivity contribution < 1.29 is 23.8 Å². The zero-order chi connectivity index (χ0) is 23.8. The van der Waals surface area contributed by atoms with Crippen LogP contribution in [0.5, 0.6) is 5.75 Å². The van der Waals surface area contributed by atoms with Gasteiger partial charge in [0.25, 0.3) is 5.91 Å². The largest absolute Gasteiger partial charge is 0.503 e. The number of aliphatic hydroxyl groups is 1. The fourth-order valence-corrected chi connectivity index (χ4v) is 4.44. The average molecular weight is 474 g/mol. The number of furan rings is 1. The van der Waals surface area contributed by atoms with Crippen molar-refractivity contribution in [2.45, 2.75) is 12.6 Å². The van der Waals surface area contributed by atoms with Gasteiger partial charge in [0.2, 0.25) is 5.78 Å². The number of nitrogens with zero attached hydrogens (tertiary/aromatic N) is 1. The van der Waals surface area contributed by atoms with Crippen LogP contribution in [0.1, 0.15) is 27.7 Å². The number of carbonyl (C=O) groups is 2. The monoisotopic (exact) mass is 473 g/mol. The Labute approximate surface area is 200 Å². The Morgan fingerprint density at radius 2 is 1.85 bits per heavy atom. The van der Waals surface area contributed by atoms with E-state index in [9.17, 15) is 14.7 Å². The van der Waals surface area contributed by atoms with E-state index in [0.29, 0.717) is 27.3 Å². The Bertz CT molecular complexity index is 1440. The molecule has 2 heterocycles. The lowest BCUT2D eigenvalue weighted by Gasteiger charge is -2.27. The Morgan fingerprint density at radius 1 is 1.06 bits per heavy atom. The molecule has 1 aromatic heterocycles. The summed E-state index contributed by atoms with van der Waals surface area (Å²) in [6, 6.07) is 22.3. The summed E-state index contributed by atoms with van der Waals surface area (Å²) in [5.41, 5.74) is 1.96. The maximum Gasteiger partial charge on any atom is 0.290 e. The van der Waals surface area contributed by atoms with E-state index < -0.39 is 23.5 Å². The quantitative estimate of drug-likeness (QED) is 0.354. The number of amides is 1. The van der Waals surface area contributed by atoms with Crippen molar-refractivity contribution in [2.75, 3.05) is 7.11 Å². The standard InChI is InChI=1S/C27H20ClNO5/c1-33-20-9-5-6-16(12-20)15-29-24(17-7-3-2-4-8-17)23(26(31)27(29)32)25(30)22-14-18-13-19(28)10-11-21(18)34-22/h2-14,24,31H,15H2,1H3. The van der Waals surface area contributed by atoms with Crippen LogP contribution >= 0.6 is 11.6 Å². The second-order valence-corrected chi connectivity index (χ2v) is 8.42. The number of fused-ring (bicyclic) bond motifs is 1. The molecule has 34 heavy (non-hydrogen) atoms. The van der Waals surface area contributed by atoms with Crippen molar-refractivity contribution in [3.05, 3.63) is 112 Å². The number of aliphatic hydroxyl groups excluding tert-OH is 1. The van der Waals surface area contributed by atoms with E-state index in [1.54, 1.807) is 31.4 Å². The number of methoxy groups -OCH3 is 1.